The van der Waals surface area contributed by atoms with E-state index in [0.29, 0.717) is 13.0 Å². The van der Waals surface area contributed by atoms with Gasteiger partial charge in [-0.25, -0.2) is 0 Å². The van der Waals surface area contributed by atoms with Gasteiger partial charge in [0.05, 0.1) is 6.61 Å². The molecule has 16 heavy (non-hydrogen) atoms. The summed E-state index contributed by atoms with van der Waals surface area (Å²) in [4.78, 5) is 11.8. The van der Waals surface area contributed by atoms with Crippen LogP contribution in [0.2, 0.25) is 0 Å². The molecule has 0 aliphatic heterocycles. The average molecular weight is 216 g/mol. The predicted molar refractivity (Wildman–Crippen MR) is 63.0 cm³/mol. The van der Waals surface area contributed by atoms with E-state index in [4.69, 9.17) is 4.74 Å². The first kappa shape index (κ1) is 11.1. The lowest BCUT2D eigenvalue weighted by molar-refractivity contribution is -0.135. The Labute approximate surface area is 95.9 Å². The van der Waals surface area contributed by atoms with Crippen molar-refractivity contribution in [1.82, 2.24) is 0 Å². The molecule has 0 saturated heterocycles. The highest BCUT2D eigenvalue weighted by atomic mass is 16.5. The van der Waals surface area contributed by atoms with E-state index in [-0.39, 0.29) is 5.78 Å². The molecule has 1 fully saturated rings. The lowest BCUT2D eigenvalue weighted by Gasteiger charge is -2.23. The van der Waals surface area contributed by atoms with Gasteiger partial charge >= 0.3 is 0 Å². The van der Waals surface area contributed by atoms with E-state index in [1.165, 1.54) is 0 Å². The zero-order valence-corrected chi connectivity index (χ0v) is 9.32. The van der Waals surface area contributed by atoms with Crippen molar-refractivity contribution in [3.8, 4) is 0 Å². The number of carbonyl (C=O) groups excluding carboxylic acids is 1. The van der Waals surface area contributed by atoms with Gasteiger partial charge in [0.2, 0.25) is 0 Å². The first-order chi connectivity index (χ1) is 7.77. The molecule has 0 heterocycles. The van der Waals surface area contributed by atoms with Crippen LogP contribution >= 0.6 is 0 Å². The van der Waals surface area contributed by atoms with Crippen molar-refractivity contribution in [2.45, 2.75) is 31.5 Å². The van der Waals surface area contributed by atoms with Gasteiger partial charge in [-0.15, -0.1) is 0 Å². The van der Waals surface area contributed by atoms with Crippen molar-refractivity contribution in [3.05, 3.63) is 48.6 Å². The Morgan fingerprint density at radius 2 is 2.12 bits per heavy atom. The van der Waals surface area contributed by atoms with Crippen LogP contribution in [0.25, 0.3) is 0 Å². The Kier molecular flexibility index (Phi) is 3.20. The maximum Gasteiger partial charge on any atom is 0.168 e. The first-order valence-electron chi connectivity index (χ1n) is 5.62. The Morgan fingerprint density at radius 1 is 1.38 bits per heavy atom. The number of rotatable bonds is 4. The molecule has 84 valence electrons. The number of ketones is 1. The maximum absolute atomic E-state index is 11.8. The molecule has 1 unspecified atom stereocenters. The third kappa shape index (κ3) is 2.07. The van der Waals surface area contributed by atoms with Crippen LogP contribution in [-0.4, -0.2) is 11.4 Å². The summed E-state index contributed by atoms with van der Waals surface area (Å²) in [6.07, 6.45) is 3.94. The number of hydrogen-bond donors (Lipinski definition) is 0. The monoisotopic (exact) mass is 216 g/mol. The Hall–Kier alpha value is -1.41. The minimum absolute atomic E-state index is 0.165. The van der Waals surface area contributed by atoms with Gasteiger partial charge in [0, 0.05) is 6.42 Å². The molecule has 1 aromatic carbocycles. The molecule has 0 amide bonds. The van der Waals surface area contributed by atoms with Crippen LogP contribution in [0, 0.1) is 0 Å². The second kappa shape index (κ2) is 4.62. The first-order valence-corrected chi connectivity index (χ1v) is 5.62. The standard InChI is InChI=1S/C14H16O2/c1-2-14(10-6-9-13(14)15)16-11-12-7-4-3-5-8-12/h2-5,7-8H,1,6,9-11H2. The second-order valence-electron chi connectivity index (χ2n) is 4.14. The van der Waals surface area contributed by atoms with E-state index in [0.717, 1.165) is 18.4 Å². The van der Waals surface area contributed by atoms with E-state index in [1.807, 2.05) is 30.3 Å². The SMILES string of the molecule is C=CC1(OCc2ccccc2)CCCC1=O. The van der Waals surface area contributed by atoms with Crippen LogP contribution in [0.5, 0.6) is 0 Å². The van der Waals surface area contributed by atoms with Crippen LogP contribution in [0.3, 0.4) is 0 Å². The lowest BCUT2D eigenvalue weighted by Crippen LogP contribution is -2.34. The van der Waals surface area contributed by atoms with Crippen LogP contribution in [0.15, 0.2) is 43.0 Å². The fourth-order valence-electron chi connectivity index (χ4n) is 2.08. The summed E-state index contributed by atoms with van der Waals surface area (Å²) in [5.41, 5.74) is 0.360. The molecule has 1 aliphatic rings. The summed E-state index contributed by atoms with van der Waals surface area (Å²) in [5.74, 6) is 0.165. The van der Waals surface area contributed by atoms with E-state index in [1.54, 1.807) is 6.08 Å². The largest absolute Gasteiger partial charge is 0.358 e. The van der Waals surface area contributed by atoms with E-state index < -0.39 is 5.60 Å². The lowest BCUT2D eigenvalue weighted by atomic mass is 10.0. The van der Waals surface area contributed by atoms with Crippen molar-refractivity contribution in [2.75, 3.05) is 0 Å². The van der Waals surface area contributed by atoms with Crippen LogP contribution in [0.4, 0.5) is 0 Å². The summed E-state index contributed by atoms with van der Waals surface area (Å²) in [6.45, 7) is 4.20. The molecule has 2 heteroatoms. The van der Waals surface area contributed by atoms with Crippen LogP contribution in [-0.2, 0) is 16.1 Å². The van der Waals surface area contributed by atoms with Crippen molar-refractivity contribution in [1.29, 1.82) is 0 Å². The summed E-state index contributed by atoms with van der Waals surface area (Å²) in [5, 5.41) is 0. The molecule has 0 radical (unpaired) electrons. The van der Waals surface area contributed by atoms with Gasteiger partial charge in [-0.05, 0) is 18.4 Å². The van der Waals surface area contributed by atoms with Gasteiger partial charge in [0.15, 0.2) is 5.78 Å². The summed E-state index contributed by atoms with van der Waals surface area (Å²) in [7, 11) is 0. The normalized spacial score (nSPS) is 24.6. The molecule has 1 saturated carbocycles. The molecular weight excluding hydrogens is 200 g/mol. The molecule has 0 N–H and O–H groups in total. The topological polar surface area (TPSA) is 26.3 Å². The number of benzene rings is 1. The number of Topliss-reactive ketones (excluding diaryl/α,β-unsaturated/α-hetero) is 1. The highest BCUT2D eigenvalue weighted by molar-refractivity contribution is 5.91. The zero-order valence-electron chi connectivity index (χ0n) is 9.32. The molecule has 1 aromatic rings. The number of carbonyl (C=O) groups is 1. The van der Waals surface area contributed by atoms with Crippen molar-refractivity contribution in [3.63, 3.8) is 0 Å². The van der Waals surface area contributed by atoms with Gasteiger partial charge in [-0.1, -0.05) is 43.0 Å². The molecule has 2 nitrogen and oxygen atoms in total. The molecular formula is C14H16O2. The minimum atomic E-state index is -0.726. The van der Waals surface area contributed by atoms with Crippen molar-refractivity contribution < 1.29 is 9.53 Å². The van der Waals surface area contributed by atoms with Crippen LogP contribution in [0.1, 0.15) is 24.8 Å². The van der Waals surface area contributed by atoms with Gasteiger partial charge in [0.25, 0.3) is 0 Å². The highest BCUT2D eigenvalue weighted by Crippen LogP contribution is 2.31. The van der Waals surface area contributed by atoms with Crippen molar-refractivity contribution >= 4 is 5.78 Å². The van der Waals surface area contributed by atoms with E-state index >= 15 is 0 Å². The second-order valence-corrected chi connectivity index (χ2v) is 4.14. The average Bonchev–Trinajstić information content (AvgIpc) is 2.70. The Balaban J connectivity index is 2.03. The molecule has 2 rings (SSSR count). The Morgan fingerprint density at radius 3 is 2.69 bits per heavy atom. The van der Waals surface area contributed by atoms with Crippen molar-refractivity contribution in [2.24, 2.45) is 0 Å². The fourth-order valence-corrected chi connectivity index (χ4v) is 2.08. The quantitative estimate of drug-likeness (QED) is 0.723. The highest BCUT2D eigenvalue weighted by Gasteiger charge is 2.40. The molecule has 0 spiro atoms. The Bertz CT molecular complexity index is 383. The number of hydrogen-bond acceptors (Lipinski definition) is 2. The third-order valence-corrected chi connectivity index (χ3v) is 3.09. The van der Waals surface area contributed by atoms with Gasteiger partial charge < -0.3 is 4.74 Å². The molecule has 1 aliphatic carbocycles. The van der Waals surface area contributed by atoms with Crippen LogP contribution < -0.4 is 0 Å². The predicted octanol–water partition coefficient (Wildman–Crippen LogP) is 2.88. The summed E-state index contributed by atoms with van der Waals surface area (Å²) in [6, 6.07) is 9.89. The van der Waals surface area contributed by atoms with E-state index in [2.05, 4.69) is 6.58 Å². The van der Waals surface area contributed by atoms with E-state index in [9.17, 15) is 4.79 Å². The summed E-state index contributed by atoms with van der Waals surface area (Å²) < 4.78 is 5.77. The number of ether oxygens (including phenoxy) is 1. The molecule has 0 aromatic heterocycles. The minimum Gasteiger partial charge on any atom is -0.358 e. The fraction of sp³-hybridized carbons (Fsp3) is 0.357. The molecule has 0 bridgehead atoms. The molecule has 1 atom stereocenters. The smallest absolute Gasteiger partial charge is 0.168 e. The maximum atomic E-state index is 11.8. The van der Waals surface area contributed by atoms with Gasteiger partial charge in [0.1, 0.15) is 5.60 Å². The van der Waals surface area contributed by atoms with Gasteiger partial charge in [-0.3, -0.25) is 4.79 Å². The van der Waals surface area contributed by atoms with Gasteiger partial charge in [-0.2, -0.15) is 0 Å². The summed E-state index contributed by atoms with van der Waals surface area (Å²) >= 11 is 0. The third-order valence-electron chi connectivity index (χ3n) is 3.09. The zero-order chi connectivity index (χ0) is 11.4.